The lowest BCUT2D eigenvalue weighted by atomic mass is 10.1. The van der Waals surface area contributed by atoms with E-state index in [2.05, 4.69) is 5.32 Å². The molecule has 6 heteroatoms. The molecule has 0 bridgehead atoms. The molecule has 25 heavy (non-hydrogen) atoms. The number of hydrogen-bond donors (Lipinski definition) is 2. The zero-order chi connectivity index (χ0) is 18.2. The Kier molecular flexibility index (Phi) is 6.28. The van der Waals surface area contributed by atoms with Gasteiger partial charge >= 0.3 is 12.0 Å². The van der Waals surface area contributed by atoms with Gasteiger partial charge in [0.15, 0.2) is 12.4 Å². The van der Waals surface area contributed by atoms with Crippen molar-refractivity contribution in [3.8, 4) is 0 Å². The van der Waals surface area contributed by atoms with Gasteiger partial charge < -0.3 is 15.8 Å². The van der Waals surface area contributed by atoms with Crippen molar-refractivity contribution in [1.82, 2.24) is 5.32 Å². The zero-order valence-corrected chi connectivity index (χ0v) is 14.0. The Morgan fingerprint density at radius 2 is 1.48 bits per heavy atom. The molecule has 2 aromatic carbocycles. The molecule has 0 heterocycles. The van der Waals surface area contributed by atoms with E-state index in [0.717, 1.165) is 17.5 Å². The Hall–Kier alpha value is -3.15. The van der Waals surface area contributed by atoms with Gasteiger partial charge in [-0.3, -0.25) is 4.79 Å². The number of benzene rings is 2. The average molecular weight is 340 g/mol. The van der Waals surface area contributed by atoms with Crippen LogP contribution < -0.4 is 11.1 Å². The molecule has 2 amide bonds. The van der Waals surface area contributed by atoms with Crippen LogP contribution in [-0.4, -0.2) is 24.4 Å². The number of carbonyl (C=O) groups excluding carboxylic acids is 3. The highest BCUT2D eigenvalue weighted by molar-refractivity contribution is 5.99. The fraction of sp³-hybridized carbons (Fsp3) is 0.211. The van der Waals surface area contributed by atoms with E-state index in [1.165, 1.54) is 0 Å². The Balaban J connectivity index is 1.88. The summed E-state index contributed by atoms with van der Waals surface area (Å²) < 4.78 is 5.06. The maximum absolute atomic E-state index is 12.1. The van der Waals surface area contributed by atoms with E-state index in [-0.39, 0.29) is 18.9 Å². The normalized spacial score (nSPS) is 10.1. The number of nitrogens with one attached hydrogen (secondary N) is 1. The van der Waals surface area contributed by atoms with Crippen molar-refractivity contribution in [1.29, 1.82) is 0 Å². The second-order valence-electron chi connectivity index (χ2n) is 5.46. The smallest absolute Gasteiger partial charge is 0.338 e. The molecule has 0 saturated heterocycles. The Morgan fingerprint density at radius 1 is 0.920 bits per heavy atom. The molecule has 6 nitrogen and oxygen atoms in total. The fourth-order valence-electron chi connectivity index (χ4n) is 2.17. The number of ether oxygens (including phenoxy) is 1. The summed E-state index contributed by atoms with van der Waals surface area (Å²) in [5, 5.41) is 2.45. The predicted molar refractivity (Wildman–Crippen MR) is 93.3 cm³/mol. The van der Waals surface area contributed by atoms with E-state index >= 15 is 0 Å². The molecular formula is C19H20N2O4. The van der Waals surface area contributed by atoms with E-state index in [1.54, 1.807) is 36.4 Å². The van der Waals surface area contributed by atoms with Crippen molar-refractivity contribution in [3.05, 3.63) is 70.8 Å². The number of ketones is 1. The number of primary amides is 1. The van der Waals surface area contributed by atoms with Crippen LogP contribution in [0.25, 0.3) is 0 Å². The van der Waals surface area contributed by atoms with Crippen LogP contribution in [0.5, 0.6) is 0 Å². The molecule has 0 aliphatic rings. The van der Waals surface area contributed by atoms with E-state index in [1.807, 2.05) is 19.1 Å². The van der Waals surface area contributed by atoms with Gasteiger partial charge in [-0.05, 0) is 29.7 Å². The van der Waals surface area contributed by atoms with Gasteiger partial charge in [-0.15, -0.1) is 0 Å². The summed E-state index contributed by atoms with van der Waals surface area (Å²) in [6, 6.07) is 13.1. The monoisotopic (exact) mass is 340 g/mol. The van der Waals surface area contributed by atoms with E-state index in [0.29, 0.717) is 11.1 Å². The maximum Gasteiger partial charge on any atom is 0.338 e. The van der Waals surface area contributed by atoms with Crippen LogP contribution in [0.2, 0.25) is 0 Å². The van der Waals surface area contributed by atoms with Crippen LogP contribution in [0, 0.1) is 0 Å². The van der Waals surface area contributed by atoms with Gasteiger partial charge in [-0.2, -0.15) is 0 Å². The minimum atomic E-state index is -0.617. The molecule has 0 saturated carbocycles. The molecule has 0 aromatic heterocycles. The van der Waals surface area contributed by atoms with Gasteiger partial charge in [-0.25, -0.2) is 9.59 Å². The molecule has 0 aliphatic heterocycles. The number of urea groups is 1. The molecule has 0 aliphatic carbocycles. The van der Waals surface area contributed by atoms with Gasteiger partial charge in [0.05, 0.1) is 5.56 Å². The van der Waals surface area contributed by atoms with Crippen LogP contribution >= 0.6 is 0 Å². The van der Waals surface area contributed by atoms with Gasteiger partial charge in [0.2, 0.25) is 0 Å². The average Bonchev–Trinajstić information content (AvgIpc) is 2.64. The van der Waals surface area contributed by atoms with Gasteiger partial charge in [0.25, 0.3) is 0 Å². The summed E-state index contributed by atoms with van der Waals surface area (Å²) in [7, 11) is 0. The fourth-order valence-corrected chi connectivity index (χ4v) is 2.17. The van der Waals surface area contributed by atoms with Gasteiger partial charge in [0.1, 0.15) is 0 Å². The van der Waals surface area contributed by atoms with Crippen molar-refractivity contribution >= 4 is 17.8 Å². The van der Waals surface area contributed by atoms with Crippen LogP contribution in [0.3, 0.4) is 0 Å². The molecule has 0 atom stereocenters. The first-order chi connectivity index (χ1) is 12.0. The van der Waals surface area contributed by atoms with Crippen molar-refractivity contribution in [3.63, 3.8) is 0 Å². The topological polar surface area (TPSA) is 98.5 Å². The van der Waals surface area contributed by atoms with Crippen molar-refractivity contribution in [2.24, 2.45) is 5.73 Å². The first-order valence-electron chi connectivity index (χ1n) is 7.91. The Bertz CT molecular complexity index is 752. The summed E-state index contributed by atoms with van der Waals surface area (Å²) >= 11 is 0. The first-order valence-corrected chi connectivity index (χ1v) is 7.91. The van der Waals surface area contributed by atoms with Crippen LogP contribution in [0.15, 0.2) is 48.5 Å². The lowest BCUT2D eigenvalue weighted by Gasteiger charge is -2.06. The second-order valence-corrected chi connectivity index (χ2v) is 5.46. The molecule has 0 unspecified atom stereocenters. The SMILES string of the molecule is CCc1ccc(C(=O)COC(=O)c2ccc(CNC(N)=O)cc2)cc1. The molecule has 0 spiro atoms. The molecular weight excluding hydrogens is 320 g/mol. The highest BCUT2D eigenvalue weighted by atomic mass is 16.5. The predicted octanol–water partition coefficient (Wildman–Crippen LogP) is 2.46. The first kappa shape index (κ1) is 18.2. The number of esters is 1. The lowest BCUT2D eigenvalue weighted by molar-refractivity contribution is 0.0474. The van der Waals surface area contributed by atoms with E-state index < -0.39 is 12.0 Å². The van der Waals surface area contributed by atoms with E-state index in [4.69, 9.17) is 10.5 Å². The van der Waals surface area contributed by atoms with Gasteiger partial charge in [-0.1, -0.05) is 43.3 Å². The minimum absolute atomic E-state index is 0.252. The molecule has 2 rings (SSSR count). The van der Waals surface area contributed by atoms with Crippen molar-refractivity contribution in [2.75, 3.05) is 6.61 Å². The number of hydrogen-bond acceptors (Lipinski definition) is 4. The second kappa shape index (κ2) is 8.63. The largest absolute Gasteiger partial charge is 0.454 e. The minimum Gasteiger partial charge on any atom is -0.454 e. The molecule has 3 N–H and O–H groups in total. The standard InChI is InChI=1S/C19H20N2O4/c1-2-13-3-7-15(8-4-13)17(22)12-25-18(23)16-9-5-14(6-10-16)11-21-19(20)24/h3-10H,2,11-12H2,1H3,(H3,20,21,24). The number of aryl methyl sites for hydroxylation is 1. The molecule has 2 aromatic rings. The number of rotatable bonds is 7. The quantitative estimate of drug-likeness (QED) is 0.597. The summed E-state index contributed by atoms with van der Waals surface area (Å²) in [5.74, 6) is -0.828. The number of amides is 2. The number of carbonyl (C=O) groups is 3. The summed E-state index contributed by atoms with van der Waals surface area (Å²) in [5.41, 5.74) is 7.77. The molecule has 0 radical (unpaired) electrons. The van der Waals surface area contributed by atoms with Crippen LogP contribution in [-0.2, 0) is 17.7 Å². The van der Waals surface area contributed by atoms with E-state index in [9.17, 15) is 14.4 Å². The maximum atomic E-state index is 12.1. The molecule has 0 fully saturated rings. The Morgan fingerprint density at radius 3 is 2.04 bits per heavy atom. The highest BCUT2D eigenvalue weighted by Gasteiger charge is 2.12. The Labute approximate surface area is 146 Å². The van der Waals surface area contributed by atoms with Crippen LogP contribution in [0.4, 0.5) is 4.79 Å². The summed E-state index contributed by atoms with van der Waals surface area (Å²) in [4.78, 5) is 34.7. The third-order valence-electron chi connectivity index (χ3n) is 3.67. The van der Waals surface area contributed by atoms with Crippen molar-refractivity contribution < 1.29 is 19.1 Å². The van der Waals surface area contributed by atoms with Crippen LogP contribution in [0.1, 0.15) is 38.8 Å². The number of Topliss-reactive ketones (excluding diaryl/α,β-unsaturated/α-hetero) is 1. The lowest BCUT2D eigenvalue weighted by Crippen LogP contribution is -2.28. The highest BCUT2D eigenvalue weighted by Crippen LogP contribution is 2.09. The molecule has 130 valence electrons. The van der Waals surface area contributed by atoms with Gasteiger partial charge in [0, 0.05) is 12.1 Å². The summed E-state index contributed by atoms with van der Waals surface area (Å²) in [6.45, 7) is 2.00. The third-order valence-corrected chi connectivity index (χ3v) is 3.67. The number of nitrogens with two attached hydrogens (primary N) is 1. The third kappa shape index (κ3) is 5.46. The summed E-state index contributed by atoms with van der Waals surface area (Å²) in [6.07, 6.45) is 0.897. The zero-order valence-electron chi connectivity index (χ0n) is 14.0. The van der Waals surface area contributed by atoms with Crippen molar-refractivity contribution in [2.45, 2.75) is 19.9 Å².